The van der Waals surface area contributed by atoms with Gasteiger partial charge in [0.05, 0.1) is 0 Å². The average molecular weight is 126 g/mol. The number of hydrogen-bond acceptors (Lipinski definition) is 3. The molecule has 1 rings (SSSR count). The molecule has 0 aliphatic heterocycles. The van der Waals surface area contributed by atoms with E-state index in [0.717, 1.165) is 5.76 Å². The van der Waals surface area contributed by atoms with Gasteiger partial charge in [-0.1, -0.05) is 0 Å². The summed E-state index contributed by atoms with van der Waals surface area (Å²) in [6.07, 6.45) is 0. The Hall–Kier alpha value is -0.895. The van der Waals surface area contributed by atoms with Gasteiger partial charge in [-0.3, -0.25) is 0 Å². The molecule has 0 aliphatic rings. The minimum atomic E-state index is -0.340. The number of aryl methyl sites for hydroxylation is 1. The Labute approximate surface area is 53.6 Å². The van der Waals surface area contributed by atoms with Gasteiger partial charge in [-0.15, -0.1) is 0 Å². The Bertz CT molecular complexity index is 184. The van der Waals surface area contributed by atoms with Gasteiger partial charge in [0.1, 0.15) is 5.76 Å². The van der Waals surface area contributed by atoms with Gasteiger partial charge in [-0.05, 0) is 13.0 Å². The van der Waals surface area contributed by atoms with Gasteiger partial charge >= 0.3 is 7.69 Å². The van der Waals surface area contributed by atoms with Crippen molar-refractivity contribution in [3.05, 3.63) is 17.9 Å². The van der Waals surface area contributed by atoms with Gasteiger partial charge in [-0.2, -0.15) is 0 Å². The van der Waals surface area contributed by atoms with E-state index in [9.17, 15) is 0 Å². The molecule has 0 saturated carbocycles. The fourth-order valence-corrected chi connectivity index (χ4v) is 0.553. The molecule has 0 unspecified atom stereocenters. The highest BCUT2D eigenvalue weighted by Crippen LogP contribution is 2.13. The summed E-state index contributed by atoms with van der Waals surface area (Å²) in [5, 5.41) is 8.25. The zero-order valence-electron chi connectivity index (χ0n) is 5.13. The number of furan rings is 1. The topological polar surface area (TPSA) is 42.6 Å². The first-order valence-corrected chi connectivity index (χ1v) is 2.63. The van der Waals surface area contributed by atoms with Crippen LogP contribution in [0.5, 0.6) is 5.95 Å². The van der Waals surface area contributed by atoms with E-state index in [4.69, 9.17) is 9.44 Å². The third-order valence-electron chi connectivity index (χ3n) is 0.923. The third kappa shape index (κ3) is 1.50. The molecule has 1 aromatic rings. The van der Waals surface area contributed by atoms with Crippen LogP contribution in [-0.4, -0.2) is 12.7 Å². The molecule has 3 nitrogen and oxygen atoms in total. The number of rotatable bonds is 2. The molecule has 48 valence electrons. The van der Waals surface area contributed by atoms with Crippen molar-refractivity contribution in [2.75, 3.05) is 0 Å². The van der Waals surface area contributed by atoms with Crippen LogP contribution in [0.2, 0.25) is 0 Å². The molecule has 0 saturated heterocycles. The second-order valence-electron chi connectivity index (χ2n) is 1.64. The molecule has 1 aromatic heterocycles. The van der Waals surface area contributed by atoms with Crippen LogP contribution in [0, 0.1) is 6.92 Å². The maximum atomic E-state index is 8.25. The van der Waals surface area contributed by atoms with Crippen molar-refractivity contribution in [1.82, 2.24) is 0 Å². The van der Waals surface area contributed by atoms with E-state index in [1.165, 1.54) is 0 Å². The van der Waals surface area contributed by atoms with E-state index in [2.05, 4.69) is 4.65 Å². The molecule has 0 aliphatic carbocycles. The van der Waals surface area contributed by atoms with Gasteiger partial charge in [0.2, 0.25) is 0 Å². The minimum absolute atomic E-state index is 0.340. The molecule has 0 spiro atoms. The zero-order valence-corrected chi connectivity index (χ0v) is 5.13. The first-order valence-electron chi connectivity index (χ1n) is 2.63. The molecule has 0 fully saturated rings. The van der Waals surface area contributed by atoms with E-state index in [-0.39, 0.29) is 7.69 Å². The van der Waals surface area contributed by atoms with E-state index >= 15 is 0 Å². The molecule has 0 aromatic carbocycles. The van der Waals surface area contributed by atoms with Gasteiger partial charge in [0.25, 0.3) is 5.95 Å². The minimum Gasteiger partial charge on any atom is -0.512 e. The predicted octanol–water partition coefficient (Wildman–Crippen LogP) is 0.226. The summed E-state index contributed by atoms with van der Waals surface area (Å²) in [7, 11) is -0.340. The summed E-state index contributed by atoms with van der Waals surface area (Å²) in [5.74, 6) is 1.13. The normalized spacial score (nSPS) is 9.11. The molecule has 0 radical (unpaired) electrons. The monoisotopic (exact) mass is 126 g/mol. The Balaban J connectivity index is 2.61. The third-order valence-corrected chi connectivity index (χ3v) is 0.923. The van der Waals surface area contributed by atoms with Crippen LogP contribution in [0.4, 0.5) is 0 Å². The van der Waals surface area contributed by atoms with Crippen LogP contribution in [0.15, 0.2) is 16.5 Å². The highest BCUT2D eigenvalue weighted by molar-refractivity contribution is 6.17. The molecule has 9 heavy (non-hydrogen) atoms. The lowest BCUT2D eigenvalue weighted by atomic mass is 10.4. The molecule has 1 heterocycles. The van der Waals surface area contributed by atoms with E-state index in [1.807, 2.05) is 6.92 Å². The molecular weight excluding hydrogens is 119 g/mol. The summed E-state index contributed by atoms with van der Waals surface area (Å²) in [6.45, 7) is 1.81. The van der Waals surface area contributed by atoms with Gasteiger partial charge in [0, 0.05) is 6.07 Å². The van der Waals surface area contributed by atoms with Crippen LogP contribution in [0.3, 0.4) is 0 Å². The highest BCUT2D eigenvalue weighted by Gasteiger charge is 1.96. The van der Waals surface area contributed by atoms with Crippen LogP contribution >= 0.6 is 0 Å². The van der Waals surface area contributed by atoms with Crippen LogP contribution < -0.4 is 4.65 Å². The predicted molar refractivity (Wildman–Crippen MR) is 33.4 cm³/mol. The smallest absolute Gasteiger partial charge is 0.506 e. The van der Waals surface area contributed by atoms with Gasteiger partial charge < -0.3 is 14.1 Å². The Morgan fingerprint density at radius 3 is 2.89 bits per heavy atom. The molecule has 0 atom stereocenters. The highest BCUT2D eigenvalue weighted by atomic mass is 16.6. The summed E-state index contributed by atoms with van der Waals surface area (Å²) < 4.78 is 9.56. The molecular formula is C5H7BO3. The van der Waals surface area contributed by atoms with Crippen molar-refractivity contribution in [2.45, 2.75) is 6.92 Å². The summed E-state index contributed by atoms with van der Waals surface area (Å²) in [6, 6.07) is 3.43. The van der Waals surface area contributed by atoms with Crippen molar-refractivity contribution in [3.63, 3.8) is 0 Å². The van der Waals surface area contributed by atoms with Crippen molar-refractivity contribution in [3.8, 4) is 5.95 Å². The van der Waals surface area contributed by atoms with Crippen LogP contribution in [0.1, 0.15) is 5.76 Å². The van der Waals surface area contributed by atoms with Gasteiger partial charge in [-0.25, -0.2) is 0 Å². The van der Waals surface area contributed by atoms with Crippen molar-refractivity contribution in [2.24, 2.45) is 0 Å². The zero-order chi connectivity index (χ0) is 6.69. The maximum Gasteiger partial charge on any atom is 0.506 e. The van der Waals surface area contributed by atoms with Crippen LogP contribution in [0.25, 0.3) is 0 Å². The largest absolute Gasteiger partial charge is 0.512 e. The lowest BCUT2D eigenvalue weighted by Crippen LogP contribution is -1.97. The SMILES string of the molecule is Cc1ccc(OBO)o1. The van der Waals surface area contributed by atoms with Crippen LogP contribution in [-0.2, 0) is 0 Å². The Morgan fingerprint density at radius 2 is 2.44 bits per heavy atom. The van der Waals surface area contributed by atoms with Crippen molar-refractivity contribution < 1.29 is 14.1 Å². The maximum absolute atomic E-state index is 8.25. The Kier molecular flexibility index (Phi) is 1.79. The Morgan fingerprint density at radius 1 is 1.67 bits per heavy atom. The lowest BCUT2D eigenvalue weighted by Gasteiger charge is -1.92. The van der Waals surface area contributed by atoms with Crippen molar-refractivity contribution >= 4 is 7.69 Å². The quantitative estimate of drug-likeness (QED) is 0.576. The summed E-state index contributed by atoms with van der Waals surface area (Å²) >= 11 is 0. The van der Waals surface area contributed by atoms with Gasteiger partial charge in [0.15, 0.2) is 0 Å². The number of hydrogen-bond donors (Lipinski definition) is 1. The summed E-state index contributed by atoms with van der Waals surface area (Å²) in [5.41, 5.74) is 0. The van der Waals surface area contributed by atoms with E-state index < -0.39 is 0 Å². The lowest BCUT2D eigenvalue weighted by molar-refractivity contribution is 0.350. The second-order valence-corrected chi connectivity index (χ2v) is 1.64. The van der Waals surface area contributed by atoms with E-state index in [1.54, 1.807) is 12.1 Å². The summed E-state index contributed by atoms with van der Waals surface area (Å²) in [4.78, 5) is 0. The molecule has 4 heteroatoms. The molecule has 0 amide bonds. The fourth-order valence-electron chi connectivity index (χ4n) is 0.553. The second kappa shape index (κ2) is 2.59. The first-order chi connectivity index (χ1) is 4.33. The molecule has 0 bridgehead atoms. The molecule has 1 N–H and O–H groups in total. The first kappa shape index (κ1) is 6.23. The van der Waals surface area contributed by atoms with Crippen molar-refractivity contribution in [1.29, 1.82) is 0 Å². The standard InChI is InChI=1S/C5H7BO3/c1-4-2-3-5(8-4)9-6-7/h2-3,6-7H,1H3. The van der Waals surface area contributed by atoms with E-state index in [0.29, 0.717) is 5.95 Å². The average Bonchev–Trinajstić information content (AvgIpc) is 2.17. The fraction of sp³-hybridized carbons (Fsp3) is 0.200.